The second kappa shape index (κ2) is 21.0. The number of carbonyl (C=O) groups excluding carboxylic acids is 2. The van der Waals surface area contributed by atoms with E-state index in [9.17, 15) is 34.8 Å². The normalized spacial score (nSPS) is 12.3. The molecule has 1 aliphatic carbocycles. The summed E-state index contributed by atoms with van der Waals surface area (Å²) >= 11 is 0. The second-order valence-electron chi connectivity index (χ2n) is 16.9. The van der Waals surface area contributed by atoms with Gasteiger partial charge in [-0.15, -0.1) is 4.13 Å². The fourth-order valence-corrected chi connectivity index (χ4v) is 12.5. The van der Waals surface area contributed by atoms with E-state index >= 15 is 17.6 Å². The molecule has 0 aromatic heterocycles. The Morgan fingerprint density at radius 1 is 0.685 bits per heavy atom. The van der Waals surface area contributed by atoms with Gasteiger partial charge in [0.15, 0.2) is 38.0 Å². The number of ether oxygens (including phenoxy) is 2. The first-order valence-corrected chi connectivity index (χ1v) is 26.6. The van der Waals surface area contributed by atoms with Crippen LogP contribution in [-0.4, -0.2) is 62.8 Å². The summed E-state index contributed by atoms with van der Waals surface area (Å²) in [5.74, 6) is -13.0. The summed E-state index contributed by atoms with van der Waals surface area (Å²) in [5.41, 5.74) is 7.52. The third kappa shape index (κ3) is 11.3. The summed E-state index contributed by atoms with van der Waals surface area (Å²) in [5, 5.41) is 6.28. The lowest BCUT2D eigenvalue weighted by atomic mass is 9.93. The molecule has 1 heterocycles. The topological polar surface area (TPSA) is 217 Å². The number of alkyl carbamates (subject to hydrolysis) is 1. The van der Waals surface area contributed by atoms with Gasteiger partial charge >= 0.3 is 12.1 Å². The molecule has 7 rings (SSSR count). The van der Waals surface area contributed by atoms with Gasteiger partial charge in [0.25, 0.3) is 20.0 Å². The number of nitrogens with zero attached hydrogens (tertiary/aromatic N) is 1. The molecule has 0 atom stereocenters. The summed E-state index contributed by atoms with van der Waals surface area (Å²) in [6.45, 7) is 12.6. The number of benzene rings is 6. The fraction of sp³-hybridized carbons (Fsp3) is 0.196. The number of hydrogen-bond donors (Lipinski definition) is 3. The Morgan fingerprint density at radius 3 is 1.96 bits per heavy atom. The molecule has 3 N–H and O–H groups in total. The van der Waals surface area contributed by atoms with Gasteiger partial charge in [-0.2, -0.15) is 0 Å². The number of hydrogen-bond acceptors (Lipinski definition) is 13. The van der Waals surface area contributed by atoms with E-state index in [1.807, 2.05) is 65.0 Å². The van der Waals surface area contributed by atoms with E-state index in [0.29, 0.717) is 27.7 Å². The van der Waals surface area contributed by atoms with Crippen LogP contribution in [-0.2, 0) is 44.2 Å². The Kier molecular flexibility index (Phi) is 15.3. The molecule has 0 saturated heterocycles. The van der Waals surface area contributed by atoms with E-state index in [0.717, 1.165) is 39.6 Å². The smallest absolute Gasteiger partial charge is 0.407 e. The number of sulfonamides is 2. The largest absolute Gasteiger partial charge is 0.460 e. The second-order valence-corrected chi connectivity index (χ2v) is 22.5. The van der Waals surface area contributed by atoms with Gasteiger partial charge < -0.3 is 24.5 Å². The number of aryl methyl sites for hydroxylation is 5. The number of sulfone groups is 1. The van der Waals surface area contributed by atoms with Gasteiger partial charge in [0.05, 0.1) is 28.2 Å². The summed E-state index contributed by atoms with van der Waals surface area (Å²) in [6, 6.07) is 24.7. The summed E-state index contributed by atoms with van der Waals surface area (Å²) < 4.78 is 162. The van der Waals surface area contributed by atoms with Gasteiger partial charge in [-0.05, 0) is 94.1 Å². The Hall–Kier alpha value is -7.40. The van der Waals surface area contributed by atoms with Crippen molar-refractivity contribution in [2.45, 2.75) is 56.2 Å². The average Bonchev–Trinajstić information content (AvgIpc) is 3.30. The van der Waals surface area contributed by atoms with Crippen LogP contribution in [0.5, 0.6) is 0 Å². The average molecular weight is 1060 g/mol. The maximum atomic E-state index is 15.8. The molecule has 382 valence electrons. The Balaban J connectivity index is 1.26. The van der Waals surface area contributed by atoms with Crippen molar-refractivity contribution in [3.05, 3.63) is 160 Å². The molecule has 73 heavy (non-hydrogen) atoms. The van der Waals surface area contributed by atoms with Crippen molar-refractivity contribution >= 4 is 70.0 Å². The van der Waals surface area contributed by atoms with Crippen molar-refractivity contribution in [3.8, 4) is 22.5 Å². The van der Waals surface area contributed by atoms with Gasteiger partial charge in [-0.1, -0.05) is 60.7 Å². The zero-order valence-electron chi connectivity index (χ0n) is 39.9. The zero-order chi connectivity index (χ0) is 53.3. The van der Waals surface area contributed by atoms with E-state index in [2.05, 4.69) is 21.9 Å². The molecule has 0 fully saturated rings. The number of nitrogens with one attached hydrogen (secondary N) is 3. The molecule has 0 bridgehead atoms. The molecule has 2 aliphatic rings. The van der Waals surface area contributed by atoms with Crippen molar-refractivity contribution in [3.63, 3.8) is 0 Å². The highest BCUT2D eigenvalue weighted by Crippen LogP contribution is 2.44. The quantitative estimate of drug-likeness (QED) is 0.0206. The third-order valence-corrected chi connectivity index (χ3v) is 16.6. The minimum absolute atomic E-state index is 0.0696. The highest BCUT2D eigenvalue weighted by molar-refractivity contribution is 8.04. The summed E-state index contributed by atoms with van der Waals surface area (Å²) in [6.07, 6.45) is -1.28. The molecular formula is C51H46F4N4O11S3. The van der Waals surface area contributed by atoms with Gasteiger partial charge in [0.2, 0.25) is 0 Å². The highest BCUT2D eigenvalue weighted by Gasteiger charge is 2.40. The molecular weight excluding hydrogens is 1020 g/mol. The minimum Gasteiger partial charge on any atom is -0.460 e. The first-order valence-electron chi connectivity index (χ1n) is 22.0. The molecule has 5 aromatic carbocycles. The van der Waals surface area contributed by atoms with E-state index in [1.54, 1.807) is 36.4 Å². The zero-order valence-corrected chi connectivity index (χ0v) is 42.3. The van der Waals surface area contributed by atoms with E-state index in [1.165, 1.54) is 29.3 Å². The lowest BCUT2D eigenvalue weighted by Gasteiger charge is -2.19. The SMILES string of the molecule is C=C(C)C(=O)OCCNC(=O)OCCS(=O)(=O)c1c(F)c(F)c(S(=O)(=O)NS(=O)(=O)c2ccccc2-c2c3ccc(=Nc4c(C)cc(C)cc4C)cc-3oc3cc(Nc4c(C)cccc4C)ccc23)c(F)c1F. The van der Waals surface area contributed by atoms with E-state index in [-0.39, 0.29) is 41.2 Å². The number of amides is 1. The van der Waals surface area contributed by atoms with Gasteiger partial charge in [0.1, 0.15) is 29.5 Å². The minimum atomic E-state index is -6.17. The van der Waals surface area contributed by atoms with Crippen LogP contribution >= 0.6 is 0 Å². The van der Waals surface area contributed by atoms with Gasteiger partial charge in [-0.25, -0.2) is 57.4 Å². The van der Waals surface area contributed by atoms with Crippen molar-refractivity contribution in [1.82, 2.24) is 9.44 Å². The number of carbonyl (C=O) groups is 2. The number of anilines is 2. The Morgan fingerprint density at radius 2 is 1.32 bits per heavy atom. The monoisotopic (exact) mass is 1060 g/mol. The van der Waals surface area contributed by atoms with Gasteiger partial charge in [0, 0.05) is 51.2 Å². The van der Waals surface area contributed by atoms with Crippen LogP contribution in [0.15, 0.2) is 127 Å². The molecule has 0 unspecified atom stereocenters. The lowest BCUT2D eigenvalue weighted by molar-refractivity contribution is -0.138. The van der Waals surface area contributed by atoms with Crippen molar-refractivity contribution in [1.29, 1.82) is 0 Å². The summed E-state index contributed by atoms with van der Waals surface area (Å²) in [4.78, 5) is 22.8. The van der Waals surface area contributed by atoms with Crippen LogP contribution in [0.25, 0.3) is 33.4 Å². The van der Waals surface area contributed by atoms with Gasteiger partial charge in [-0.3, -0.25) is 0 Å². The standard InChI is InChI=1S/C51H46F4N4O11S3/c1-27(2)50(60)68-20-19-56-51(61)69-21-22-71(62,63)48-42(52)44(54)49(45(55)43(48)53)73(66,67)59-72(64,65)40-14-9-8-13-37(40)41-35-17-15-33(57-46-29(4)11-10-12-30(46)5)25-38(35)70-39-26-34(16-18-36(39)41)58-47-31(6)23-28(3)24-32(47)7/h8-18,23-26,57,59H,1,19-22H2,2-7H3,(H,56,61). The van der Waals surface area contributed by atoms with Crippen LogP contribution in [0.3, 0.4) is 0 Å². The molecule has 1 aliphatic heterocycles. The lowest BCUT2D eigenvalue weighted by Crippen LogP contribution is -2.33. The van der Waals surface area contributed by atoms with Crippen LogP contribution in [0, 0.1) is 57.9 Å². The molecule has 15 nitrogen and oxygen atoms in total. The number of halogens is 4. The first-order chi connectivity index (χ1) is 34.3. The maximum absolute atomic E-state index is 15.8. The fourth-order valence-electron chi connectivity index (χ4n) is 8.01. The third-order valence-electron chi connectivity index (χ3n) is 11.3. The molecule has 1 amide bonds. The number of rotatable bonds is 16. The number of fused-ring (bicyclic) bond motifs is 2. The molecule has 5 aromatic rings. The van der Waals surface area contributed by atoms with Crippen LogP contribution < -0.4 is 20.1 Å². The van der Waals surface area contributed by atoms with Crippen LogP contribution in [0.2, 0.25) is 0 Å². The van der Waals surface area contributed by atoms with Crippen molar-refractivity contribution < 1.29 is 66.3 Å². The molecule has 22 heteroatoms. The first kappa shape index (κ1) is 53.4. The Labute approximate surface area is 418 Å². The van der Waals surface area contributed by atoms with E-state index in [4.69, 9.17) is 14.1 Å². The van der Waals surface area contributed by atoms with Crippen molar-refractivity contribution in [2.24, 2.45) is 4.99 Å². The maximum Gasteiger partial charge on any atom is 0.407 e. The Bertz CT molecular complexity index is 3740. The van der Waals surface area contributed by atoms with E-state index < -0.39 is 92.3 Å². The predicted octanol–water partition coefficient (Wildman–Crippen LogP) is 9.57. The number of para-hydroxylation sites is 1. The van der Waals surface area contributed by atoms with Crippen molar-refractivity contribution in [2.75, 3.05) is 30.8 Å². The molecule has 0 radical (unpaired) electrons. The molecule has 0 saturated carbocycles. The highest BCUT2D eigenvalue weighted by atomic mass is 32.3. The number of esters is 1. The molecule has 0 spiro atoms. The predicted molar refractivity (Wildman–Crippen MR) is 264 cm³/mol. The summed E-state index contributed by atoms with van der Waals surface area (Å²) in [7, 11) is -17.1. The van der Waals surface area contributed by atoms with Crippen LogP contribution in [0.1, 0.15) is 34.7 Å². The van der Waals surface area contributed by atoms with Crippen LogP contribution in [0.4, 0.5) is 39.4 Å².